The van der Waals surface area contributed by atoms with Crippen LogP contribution in [0.5, 0.6) is 0 Å². The zero-order valence-corrected chi connectivity index (χ0v) is 35.5. The molecule has 0 aliphatic carbocycles. The number of hydrogen-bond donors (Lipinski definition) is 5. The summed E-state index contributed by atoms with van der Waals surface area (Å²) in [4.78, 5) is 47.8. The molecule has 7 N–H and O–H groups in total. The van der Waals surface area contributed by atoms with E-state index in [0.29, 0.717) is 40.5 Å². The molecule has 8 aromatic rings. The van der Waals surface area contributed by atoms with Gasteiger partial charge in [0, 0.05) is 54.1 Å². The van der Waals surface area contributed by atoms with Crippen molar-refractivity contribution in [3.8, 4) is 6.07 Å². The molecule has 0 saturated carbocycles. The number of hydrogen-bond acceptors (Lipinski definition) is 13. The Morgan fingerprint density at radius 1 is 0.742 bits per heavy atom. The van der Waals surface area contributed by atoms with Gasteiger partial charge in [-0.05, 0) is 110 Å². The zero-order chi connectivity index (χ0) is 44.1. The van der Waals surface area contributed by atoms with E-state index in [1.165, 1.54) is 4.80 Å². The Balaban J connectivity index is 0.000000187. The lowest BCUT2D eigenvalue weighted by Crippen LogP contribution is -2.25. The predicted molar refractivity (Wildman–Crippen MR) is 235 cm³/mol. The first-order chi connectivity index (χ1) is 29.7. The molecule has 6 heterocycles. The normalized spacial score (nSPS) is 10.9. The maximum Gasteiger partial charge on any atom is 0.291 e. The van der Waals surface area contributed by atoms with Crippen molar-refractivity contribution < 1.29 is 9.59 Å². The molecule has 19 heteroatoms. The van der Waals surface area contributed by atoms with Crippen LogP contribution >= 0.6 is 23.2 Å². The molecular formula is C43H39Cl2N15O2. The maximum atomic E-state index is 12.7. The van der Waals surface area contributed by atoms with Gasteiger partial charge in [-0.3, -0.25) is 24.7 Å². The average Bonchev–Trinajstić information content (AvgIpc) is 3.87. The third-order valence-electron chi connectivity index (χ3n) is 9.83. The van der Waals surface area contributed by atoms with Crippen LogP contribution in [0.3, 0.4) is 0 Å². The fourth-order valence-electron chi connectivity index (χ4n) is 6.81. The summed E-state index contributed by atoms with van der Waals surface area (Å²) in [6.07, 6.45) is 3.71. The van der Waals surface area contributed by atoms with E-state index in [-0.39, 0.29) is 36.2 Å². The van der Waals surface area contributed by atoms with Crippen LogP contribution in [-0.2, 0) is 26.1 Å². The first-order valence-corrected chi connectivity index (χ1v) is 19.8. The van der Waals surface area contributed by atoms with Crippen LogP contribution in [0.4, 0.5) is 11.6 Å². The largest absolute Gasteiger partial charge is 0.384 e. The van der Waals surface area contributed by atoms with E-state index < -0.39 is 5.91 Å². The molecule has 0 spiro atoms. The number of nitrogens with one attached hydrogen (secondary N) is 3. The quantitative estimate of drug-likeness (QED) is 0.105. The van der Waals surface area contributed by atoms with Crippen molar-refractivity contribution in [3.05, 3.63) is 151 Å². The van der Waals surface area contributed by atoms with E-state index in [9.17, 15) is 14.9 Å². The molecule has 312 valence electrons. The van der Waals surface area contributed by atoms with Crippen molar-refractivity contribution in [1.29, 1.82) is 5.26 Å². The number of aromatic nitrogens is 10. The van der Waals surface area contributed by atoms with Crippen molar-refractivity contribution in [1.82, 2.24) is 60.7 Å². The number of amides is 2. The molecule has 62 heavy (non-hydrogen) atoms. The highest BCUT2D eigenvalue weighted by Crippen LogP contribution is 2.21. The van der Waals surface area contributed by atoms with Crippen LogP contribution in [-0.4, -0.2) is 61.9 Å². The highest BCUT2D eigenvalue weighted by atomic mass is 35.5. The van der Waals surface area contributed by atoms with Gasteiger partial charge < -0.3 is 22.1 Å². The summed E-state index contributed by atoms with van der Waals surface area (Å²) in [5.74, 6) is 0.729. The van der Waals surface area contributed by atoms with Crippen molar-refractivity contribution in [2.24, 2.45) is 0 Å². The number of aryl methyl sites for hydroxylation is 4. The first-order valence-electron chi connectivity index (χ1n) is 19.1. The lowest BCUT2D eigenvalue weighted by Gasteiger charge is -2.10. The molecular weight excluding hydrogens is 829 g/mol. The number of H-pyrrole nitrogens is 1. The van der Waals surface area contributed by atoms with Crippen LogP contribution < -0.4 is 22.1 Å². The topological polar surface area (TPSA) is 258 Å². The number of nitrogen functional groups attached to an aromatic ring is 2. The number of pyridine rings is 4. The van der Waals surface area contributed by atoms with Crippen molar-refractivity contribution in [2.45, 2.75) is 53.8 Å². The number of nitrogens with two attached hydrogens (primary N) is 2. The molecule has 2 amide bonds. The zero-order valence-electron chi connectivity index (χ0n) is 34.0. The minimum absolute atomic E-state index is 0.0308. The van der Waals surface area contributed by atoms with Crippen LogP contribution in [0.25, 0.3) is 21.8 Å². The fourth-order valence-corrected chi connectivity index (χ4v) is 7.14. The Bertz CT molecular complexity index is 3000. The smallest absolute Gasteiger partial charge is 0.291 e. The molecule has 0 unspecified atom stereocenters. The third kappa shape index (κ3) is 10.1. The first kappa shape index (κ1) is 42.6. The molecule has 0 atom stereocenters. The van der Waals surface area contributed by atoms with Gasteiger partial charge in [-0.25, -0.2) is 15.0 Å². The van der Waals surface area contributed by atoms with Crippen LogP contribution in [0.15, 0.2) is 73.1 Å². The summed E-state index contributed by atoms with van der Waals surface area (Å²) < 4.78 is 0. The number of benzene rings is 2. The van der Waals surface area contributed by atoms with E-state index in [0.717, 1.165) is 66.6 Å². The summed E-state index contributed by atoms with van der Waals surface area (Å²) in [6, 6.07) is 20.7. The number of aromatic amines is 1. The lowest BCUT2D eigenvalue weighted by atomic mass is 10.1. The van der Waals surface area contributed by atoms with Gasteiger partial charge in [0.2, 0.25) is 5.82 Å². The summed E-state index contributed by atoms with van der Waals surface area (Å²) >= 11 is 12.1. The molecule has 0 bridgehead atoms. The molecule has 0 saturated heterocycles. The number of nitrogens with zero attached hydrogens (tertiary/aromatic N) is 10. The van der Waals surface area contributed by atoms with E-state index in [2.05, 4.69) is 55.9 Å². The summed E-state index contributed by atoms with van der Waals surface area (Å²) in [7, 11) is 0. The fraction of sp³-hybridized carbons (Fsp3) is 0.186. The molecule has 6 aromatic heterocycles. The van der Waals surface area contributed by atoms with E-state index in [1.807, 2.05) is 82.3 Å². The number of anilines is 2. The monoisotopic (exact) mass is 867 g/mol. The van der Waals surface area contributed by atoms with Gasteiger partial charge in [0.05, 0.1) is 27.6 Å². The van der Waals surface area contributed by atoms with Crippen LogP contribution in [0, 0.1) is 39.0 Å². The highest BCUT2D eigenvalue weighted by molar-refractivity contribution is 6.31. The van der Waals surface area contributed by atoms with Gasteiger partial charge in [-0.2, -0.15) is 10.1 Å². The average molecular weight is 869 g/mol. The summed E-state index contributed by atoms with van der Waals surface area (Å²) in [5, 5.41) is 33.3. The summed E-state index contributed by atoms with van der Waals surface area (Å²) in [6.45, 7) is 8.37. The molecule has 0 radical (unpaired) electrons. The predicted octanol–water partition coefficient (Wildman–Crippen LogP) is 6.04. The number of carbonyl (C=O) groups excluding carboxylic acids is 2. The van der Waals surface area contributed by atoms with Gasteiger partial charge >= 0.3 is 0 Å². The molecule has 0 aliphatic heterocycles. The van der Waals surface area contributed by atoms with Crippen molar-refractivity contribution in [3.63, 3.8) is 0 Å². The second kappa shape index (κ2) is 18.4. The standard InChI is InChI=1S/C22H19ClN8O.C21H20ClN7O/c1-12-5-20(25)28-13(2)17(12)10-27-22(32)21-19(8-24)29-31(30-21)11-14-3-4-18-15(6-14)7-16(23)9-26-18;1-11-5-18(23)26-12(2)16(11)10-25-21(30)20-27-19(28-29-20)7-13-3-4-17-14(6-13)8-15(22)9-24-17/h3-7,9H,10-11H2,1-2H3,(H2,25,28)(H,27,32);3-6,8-9H,7,10H2,1-2H3,(H2,23,26)(H,25,30)(H,27,28,29). The maximum absolute atomic E-state index is 12.7. The molecule has 8 rings (SSSR count). The molecule has 2 aromatic carbocycles. The second-order valence-electron chi connectivity index (χ2n) is 14.4. The van der Waals surface area contributed by atoms with E-state index in [1.54, 1.807) is 24.5 Å². The Morgan fingerprint density at radius 2 is 1.29 bits per heavy atom. The SMILES string of the molecule is Cc1cc(N)nc(C)c1CNC(=O)c1n[nH]c(Cc2ccc3ncc(Cl)cc3c2)n1.Cc1cc(N)nc(C)c1CNC(=O)c1nn(Cc2ccc3ncc(Cl)cc3c2)nc1C#N. The van der Waals surface area contributed by atoms with E-state index in [4.69, 9.17) is 34.7 Å². The van der Waals surface area contributed by atoms with E-state index >= 15 is 0 Å². The minimum atomic E-state index is -0.488. The van der Waals surface area contributed by atoms with Crippen LogP contribution in [0.2, 0.25) is 10.0 Å². The Labute approximate surface area is 364 Å². The third-order valence-corrected chi connectivity index (χ3v) is 10.2. The Morgan fingerprint density at radius 3 is 1.85 bits per heavy atom. The Kier molecular flexibility index (Phi) is 12.6. The van der Waals surface area contributed by atoms with Gasteiger partial charge in [0.1, 0.15) is 23.5 Å². The van der Waals surface area contributed by atoms with Gasteiger partial charge in [0.25, 0.3) is 11.8 Å². The Hall–Kier alpha value is -7.55. The van der Waals surface area contributed by atoms with Crippen molar-refractivity contribution >= 4 is 68.5 Å². The number of fused-ring (bicyclic) bond motifs is 2. The summed E-state index contributed by atoms with van der Waals surface area (Å²) in [5.41, 5.74) is 20.2. The van der Waals surface area contributed by atoms with Crippen molar-refractivity contribution in [2.75, 3.05) is 11.5 Å². The highest BCUT2D eigenvalue weighted by Gasteiger charge is 2.20. The number of carbonyl (C=O) groups is 2. The van der Waals surface area contributed by atoms with Gasteiger partial charge in [-0.15, -0.1) is 15.3 Å². The molecule has 0 aliphatic rings. The van der Waals surface area contributed by atoms with Crippen LogP contribution in [0.1, 0.15) is 77.4 Å². The minimum Gasteiger partial charge on any atom is -0.384 e. The molecule has 0 fully saturated rings. The number of nitriles is 1. The molecule has 17 nitrogen and oxygen atoms in total. The second-order valence-corrected chi connectivity index (χ2v) is 15.3. The lowest BCUT2D eigenvalue weighted by molar-refractivity contribution is 0.0934. The van der Waals surface area contributed by atoms with Gasteiger partial charge in [-0.1, -0.05) is 35.3 Å². The number of rotatable bonds is 10. The van der Waals surface area contributed by atoms with Gasteiger partial charge in [0.15, 0.2) is 11.4 Å². The number of halogens is 2.